The number of nitrogens with zero attached hydrogens (tertiary/aromatic N) is 4. The summed E-state index contributed by atoms with van der Waals surface area (Å²) in [6, 6.07) is 5.13. The Kier molecular flexibility index (Phi) is 7.89. The molecule has 1 aromatic carbocycles. The van der Waals surface area contributed by atoms with Gasteiger partial charge in [0.15, 0.2) is 11.5 Å². The van der Waals surface area contributed by atoms with Crippen LogP contribution in [0.15, 0.2) is 23.4 Å². The van der Waals surface area contributed by atoms with Crippen molar-refractivity contribution in [2.75, 3.05) is 45.3 Å². The van der Waals surface area contributed by atoms with Crippen molar-refractivity contribution in [3.8, 4) is 11.5 Å². The number of oxime groups is 1. The monoisotopic (exact) mass is 518 g/mol. The molecule has 1 aliphatic heterocycles. The van der Waals surface area contributed by atoms with Gasteiger partial charge in [0.2, 0.25) is 12.7 Å². The van der Waals surface area contributed by atoms with Crippen LogP contribution in [0.25, 0.3) is 10.2 Å². The maximum absolute atomic E-state index is 12.5. The van der Waals surface area contributed by atoms with Crippen molar-refractivity contribution in [2.24, 2.45) is 5.16 Å². The van der Waals surface area contributed by atoms with E-state index in [2.05, 4.69) is 39.2 Å². The maximum Gasteiger partial charge on any atom is 0.261 e. The molecule has 0 unspecified atom stereocenters. The Bertz CT molecular complexity index is 1260. The normalized spacial score (nSPS) is 13.0. The zero-order valence-corrected chi connectivity index (χ0v) is 21.3. The van der Waals surface area contributed by atoms with Crippen LogP contribution in [0.1, 0.15) is 41.7 Å². The molecule has 0 spiro atoms. The summed E-state index contributed by atoms with van der Waals surface area (Å²) in [5.74, 6) is 0.924. The first-order chi connectivity index (χ1) is 16.9. The number of aromatic nitrogens is 2. The number of rotatable bonds is 10. The van der Waals surface area contributed by atoms with Crippen LogP contribution in [-0.2, 0) is 4.84 Å². The number of carbonyl (C=O) groups excluding carboxylic acids is 1. The van der Waals surface area contributed by atoms with Crippen LogP contribution in [0.4, 0.5) is 5.95 Å². The molecule has 35 heavy (non-hydrogen) atoms. The molecule has 0 aliphatic carbocycles. The molecular weight excluding hydrogens is 492 g/mol. The highest BCUT2D eigenvalue weighted by Crippen LogP contribution is 2.38. The zero-order chi connectivity index (χ0) is 24.9. The van der Waals surface area contributed by atoms with E-state index in [1.807, 2.05) is 6.92 Å². The topological polar surface area (TPSA) is 124 Å². The van der Waals surface area contributed by atoms with Gasteiger partial charge in [-0.05, 0) is 32.1 Å². The fourth-order valence-electron chi connectivity index (χ4n) is 3.62. The molecule has 0 atom stereocenters. The number of benzene rings is 1. The number of carbonyl (C=O) groups is 1. The predicted octanol–water partition coefficient (Wildman–Crippen LogP) is 3.52. The molecule has 12 heteroatoms. The van der Waals surface area contributed by atoms with Crippen LogP contribution < -0.4 is 20.5 Å². The van der Waals surface area contributed by atoms with Crippen molar-refractivity contribution in [3.05, 3.63) is 39.4 Å². The highest BCUT2D eigenvalue weighted by atomic mass is 35.5. The summed E-state index contributed by atoms with van der Waals surface area (Å²) in [5, 5.41) is 8.24. The predicted molar refractivity (Wildman–Crippen MR) is 137 cm³/mol. The summed E-state index contributed by atoms with van der Waals surface area (Å²) in [6.07, 6.45) is 0. The molecule has 0 saturated heterocycles. The number of ether oxygens (including phenoxy) is 2. The number of halogens is 1. The second-order valence-electron chi connectivity index (χ2n) is 7.60. The van der Waals surface area contributed by atoms with E-state index in [9.17, 15) is 4.79 Å². The van der Waals surface area contributed by atoms with E-state index < -0.39 is 0 Å². The minimum atomic E-state index is -0.199. The van der Waals surface area contributed by atoms with Gasteiger partial charge in [0.25, 0.3) is 5.91 Å². The average molecular weight is 519 g/mol. The minimum absolute atomic E-state index is 0.0458. The van der Waals surface area contributed by atoms with Crippen molar-refractivity contribution in [1.29, 1.82) is 0 Å². The highest BCUT2D eigenvalue weighted by Gasteiger charge is 2.25. The molecule has 1 amide bonds. The van der Waals surface area contributed by atoms with Crippen LogP contribution in [0, 0.1) is 0 Å². The lowest BCUT2D eigenvalue weighted by Crippen LogP contribution is -2.26. The largest absolute Gasteiger partial charge is 0.454 e. The molecule has 186 valence electrons. The van der Waals surface area contributed by atoms with E-state index in [4.69, 9.17) is 31.6 Å². The maximum atomic E-state index is 12.5. The van der Waals surface area contributed by atoms with Crippen molar-refractivity contribution in [1.82, 2.24) is 20.2 Å². The van der Waals surface area contributed by atoms with E-state index in [0.29, 0.717) is 68.3 Å². The summed E-state index contributed by atoms with van der Waals surface area (Å²) in [5.41, 5.74) is 7.34. The Morgan fingerprint density at radius 1 is 1.23 bits per heavy atom. The first-order valence-electron chi connectivity index (χ1n) is 11.3. The Morgan fingerprint density at radius 2 is 1.97 bits per heavy atom. The van der Waals surface area contributed by atoms with Crippen LogP contribution in [0.5, 0.6) is 11.5 Å². The summed E-state index contributed by atoms with van der Waals surface area (Å²) in [7, 11) is 0. The van der Waals surface area contributed by atoms with E-state index in [1.54, 1.807) is 18.2 Å². The van der Waals surface area contributed by atoms with Gasteiger partial charge in [0, 0.05) is 30.1 Å². The Hall–Kier alpha value is -3.15. The van der Waals surface area contributed by atoms with Crippen LogP contribution in [0.3, 0.4) is 0 Å². The molecule has 0 radical (unpaired) electrons. The number of thiophene rings is 1. The van der Waals surface area contributed by atoms with Gasteiger partial charge in [-0.25, -0.2) is 9.97 Å². The highest BCUT2D eigenvalue weighted by molar-refractivity contribution is 7.20. The summed E-state index contributed by atoms with van der Waals surface area (Å²) in [4.78, 5) is 30.3. The number of fused-ring (bicyclic) bond motifs is 2. The molecule has 3 aromatic rings. The Labute approximate surface area is 212 Å². The molecule has 0 bridgehead atoms. The molecule has 3 N–H and O–H groups in total. The van der Waals surface area contributed by atoms with Gasteiger partial charge >= 0.3 is 0 Å². The summed E-state index contributed by atoms with van der Waals surface area (Å²) >= 11 is 7.86. The van der Waals surface area contributed by atoms with Crippen molar-refractivity contribution < 1.29 is 19.1 Å². The molecular formula is C23H27ClN6O4S. The fourth-order valence-corrected chi connectivity index (χ4v) is 4.81. The zero-order valence-electron chi connectivity index (χ0n) is 19.8. The van der Waals surface area contributed by atoms with Gasteiger partial charge < -0.3 is 30.3 Å². The van der Waals surface area contributed by atoms with Gasteiger partial charge in [0.1, 0.15) is 22.8 Å². The van der Waals surface area contributed by atoms with Gasteiger partial charge in [-0.1, -0.05) is 30.6 Å². The van der Waals surface area contributed by atoms with Crippen LogP contribution in [0.2, 0.25) is 5.02 Å². The number of likely N-dealkylation sites (N-methyl/N-ethyl adjacent to an activating group) is 1. The molecule has 0 saturated carbocycles. The first kappa shape index (κ1) is 25.0. The SMILES string of the molecule is CCNC(=O)c1cc2c(/C(=N/OCCN(CC)CC)c3cc4c(cc3Cl)OCO4)nc(N)nc2s1. The van der Waals surface area contributed by atoms with Crippen molar-refractivity contribution in [2.45, 2.75) is 20.8 Å². The molecule has 1 aliphatic rings. The van der Waals surface area contributed by atoms with Gasteiger partial charge in [-0.2, -0.15) is 0 Å². The quantitative estimate of drug-likeness (QED) is 0.237. The van der Waals surface area contributed by atoms with E-state index in [-0.39, 0.29) is 18.6 Å². The minimum Gasteiger partial charge on any atom is -0.454 e. The number of amides is 1. The number of hydrogen-bond acceptors (Lipinski definition) is 10. The number of nitrogens with two attached hydrogens (primary N) is 1. The summed E-state index contributed by atoms with van der Waals surface area (Å²) < 4.78 is 11.0. The lowest BCUT2D eigenvalue weighted by atomic mass is 10.0. The standard InChI is InChI=1S/C23H27ClN6O4S/c1-4-26-21(31)18-10-14-19(27-23(25)28-22(14)35-18)20(29-34-8-7-30(5-2)6-3)13-9-16-17(11-15(13)24)33-12-32-16/h9-11H,4-8,12H2,1-3H3,(H,26,31)(H2,25,27,28)/b29-20+. The molecule has 3 heterocycles. The van der Waals surface area contributed by atoms with E-state index in [1.165, 1.54) is 11.3 Å². The lowest BCUT2D eigenvalue weighted by molar-refractivity contribution is 0.0960. The third kappa shape index (κ3) is 5.42. The third-order valence-corrected chi connectivity index (χ3v) is 6.80. The average Bonchev–Trinajstić information content (AvgIpc) is 3.47. The number of anilines is 1. The number of nitrogen functional groups attached to an aromatic ring is 1. The van der Waals surface area contributed by atoms with E-state index in [0.717, 1.165) is 13.1 Å². The van der Waals surface area contributed by atoms with Gasteiger partial charge in [-0.15, -0.1) is 11.3 Å². The third-order valence-electron chi connectivity index (χ3n) is 5.46. The van der Waals surface area contributed by atoms with Crippen molar-refractivity contribution in [3.63, 3.8) is 0 Å². The Morgan fingerprint density at radius 3 is 2.69 bits per heavy atom. The lowest BCUT2D eigenvalue weighted by Gasteiger charge is -2.17. The molecule has 4 rings (SSSR count). The molecule has 2 aromatic heterocycles. The summed E-state index contributed by atoms with van der Waals surface area (Å²) in [6.45, 7) is 9.54. The van der Waals surface area contributed by atoms with E-state index >= 15 is 0 Å². The van der Waals surface area contributed by atoms with Crippen LogP contribution >= 0.6 is 22.9 Å². The Balaban J connectivity index is 1.80. The number of nitrogens with one attached hydrogen (secondary N) is 1. The fraction of sp³-hybridized carbons (Fsp3) is 0.391. The van der Waals surface area contributed by atoms with Gasteiger partial charge in [0.05, 0.1) is 9.90 Å². The molecule has 10 nitrogen and oxygen atoms in total. The van der Waals surface area contributed by atoms with Gasteiger partial charge in [-0.3, -0.25) is 4.79 Å². The smallest absolute Gasteiger partial charge is 0.261 e. The first-order valence-corrected chi connectivity index (χ1v) is 12.5. The van der Waals surface area contributed by atoms with Crippen LogP contribution in [-0.4, -0.2) is 66.1 Å². The van der Waals surface area contributed by atoms with Crippen molar-refractivity contribution >= 4 is 50.7 Å². The number of hydrogen-bond donors (Lipinski definition) is 2. The second-order valence-corrected chi connectivity index (χ2v) is 9.04. The second kappa shape index (κ2) is 11.1. The molecule has 0 fully saturated rings.